The zero-order chi connectivity index (χ0) is 20.4. The van der Waals surface area contributed by atoms with Gasteiger partial charge in [-0.3, -0.25) is 0 Å². The second kappa shape index (κ2) is 11.1. The van der Waals surface area contributed by atoms with E-state index in [1.165, 1.54) is 13.2 Å². The lowest BCUT2D eigenvalue weighted by atomic mass is 10.2. The van der Waals surface area contributed by atoms with Gasteiger partial charge >= 0.3 is 5.97 Å². The van der Waals surface area contributed by atoms with E-state index in [9.17, 15) is 4.79 Å². The number of methoxy groups -OCH3 is 1. The van der Waals surface area contributed by atoms with Gasteiger partial charge in [-0.25, -0.2) is 4.79 Å². The molecule has 0 radical (unpaired) electrons. The van der Waals surface area contributed by atoms with Crippen LogP contribution in [0.5, 0.6) is 17.2 Å². The van der Waals surface area contributed by atoms with Crippen molar-refractivity contribution in [2.45, 2.75) is 0 Å². The molecule has 0 atom stereocenters. The predicted octanol–water partition coefficient (Wildman–Crippen LogP) is 4.54. The molecule has 0 bridgehead atoms. The number of nitrogens with zero attached hydrogens (tertiary/aromatic N) is 1. The van der Waals surface area contributed by atoms with Crippen LogP contribution in [0, 0.1) is 11.3 Å². The molecule has 0 heterocycles. The van der Waals surface area contributed by atoms with Gasteiger partial charge in [-0.2, -0.15) is 5.26 Å². The highest BCUT2D eigenvalue weighted by atomic mass is 35.5. The molecule has 0 aliphatic heterocycles. The second-order valence-electron chi connectivity index (χ2n) is 5.26. The number of rotatable bonds is 9. The van der Waals surface area contributed by atoms with Crippen LogP contribution in [0.4, 0.5) is 0 Å². The van der Waals surface area contributed by atoms with Crippen molar-refractivity contribution in [3.63, 3.8) is 0 Å². The summed E-state index contributed by atoms with van der Waals surface area (Å²) in [5, 5.41) is 9.34. The first-order valence-electron chi connectivity index (χ1n) is 8.14. The fraction of sp³-hybridized carbons (Fsp3) is 0.200. The minimum absolute atomic E-state index is 0.0367. The van der Waals surface area contributed by atoms with Crippen molar-refractivity contribution in [3.05, 3.63) is 58.1 Å². The molecule has 0 saturated heterocycles. The monoisotopic (exact) mass is 421 g/mol. The minimum atomic E-state index is -0.530. The number of hydrogen-bond donors (Lipinski definition) is 0. The molecule has 0 unspecified atom stereocenters. The molecule has 8 heteroatoms. The van der Waals surface area contributed by atoms with Gasteiger partial charge in [-0.15, -0.1) is 0 Å². The Kier molecular flexibility index (Phi) is 8.47. The Balaban J connectivity index is 1.84. The van der Waals surface area contributed by atoms with Crippen LogP contribution in [0.2, 0.25) is 10.0 Å². The van der Waals surface area contributed by atoms with Gasteiger partial charge in [0, 0.05) is 6.08 Å². The number of carbonyl (C=O) groups is 1. The summed E-state index contributed by atoms with van der Waals surface area (Å²) in [5.74, 6) is 0.718. The molecule has 2 rings (SSSR count). The highest BCUT2D eigenvalue weighted by Crippen LogP contribution is 2.32. The van der Waals surface area contributed by atoms with Crippen LogP contribution in [0.1, 0.15) is 5.56 Å². The quantitative estimate of drug-likeness (QED) is 0.336. The van der Waals surface area contributed by atoms with Gasteiger partial charge in [-0.05, 0) is 35.9 Å². The fourth-order valence-corrected chi connectivity index (χ4v) is 2.64. The number of esters is 1. The third kappa shape index (κ3) is 6.38. The van der Waals surface area contributed by atoms with Crippen molar-refractivity contribution in [3.8, 4) is 23.3 Å². The van der Waals surface area contributed by atoms with E-state index in [4.69, 9.17) is 47.4 Å². The molecule has 0 saturated carbocycles. The Labute approximate surface area is 172 Å². The van der Waals surface area contributed by atoms with Crippen molar-refractivity contribution >= 4 is 35.2 Å². The Bertz CT molecular complexity index is 872. The predicted molar refractivity (Wildman–Crippen MR) is 106 cm³/mol. The largest absolute Gasteiger partial charge is 0.493 e. The van der Waals surface area contributed by atoms with Crippen molar-refractivity contribution in [1.82, 2.24) is 0 Å². The van der Waals surface area contributed by atoms with Crippen molar-refractivity contribution in [1.29, 1.82) is 5.26 Å². The smallest absolute Gasteiger partial charge is 0.330 e. The van der Waals surface area contributed by atoms with Gasteiger partial charge < -0.3 is 18.9 Å². The Morgan fingerprint density at radius 2 is 1.86 bits per heavy atom. The van der Waals surface area contributed by atoms with Gasteiger partial charge in [0.05, 0.1) is 17.2 Å². The summed E-state index contributed by atoms with van der Waals surface area (Å²) >= 11 is 12.0. The number of benzene rings is 2. The van der Waals surface area contributed by atoms with Gasteiger partial charge in [0.15, 0.2) is 23.9 Å². The molecule has 28 heavy (non-hydrogen) atoms. The maximum atomic E-state index is 11.8. The molecule has 2 aromatic carbocycles. The molecule has 0 aliphatic rings. The number of hydrogen-bond acceptors (Lipinski definition) is 6. The summed E-state index contributed by atoms with van der Waals surface area (Å²) in [6, 6.07) is 12.0. The first-order valence-corrected chi connectivity index (χ1v) is 8.90. The van der Waals surface area contributed by atoms with E-state index >= 15 is 0 Å². The molecule has 0 amide bonds. The Morgan fingerprint density at radius 1 is 1.11 bits per heavy atom. The summed E-state index contributed by atoms with van der Waals surface area (Å²) in [7, 11) is 1.49. The second-order valence-corrected chi connectivity index (χ2v) is 6.07. The topological polar surface area (TPSA) is 77.8 Å². The van der Waals surface area contributed by atoms with Crippen LogP contribution < -0.4 is 14.2 Å². The molecular formula is C20H17Cl2NO5. The van der Waals surface area contributed by atoms with E-state index in [-0.39, 0.29) is 19.8 Å². The van der Waals surface area contributed by atoms with E-state index in [1.807, 2.05) is 6.07 Å². The maximum absolute atomic E-state index is 11.8. The molecule has 0 fully saturated rings. The van der Waals surface area contributed by atoms with Crippen LogP contribution in [0.3, 0.4) is 0 Å². The third-order valence-corrected chi connectivity index (χ3v) is 3.98. The van der Waals surface area contributed by atoms with E-state index < -0.39 is 5.97 Å². The first kappa shape index (κ1) is 21.4. The van der Waals surface area contributed by atoms with Gasteiger partial charge in [0.1, 0.15) is 19.3 Å². The third-order valence-electron chi connectivity index (χ3n) is 3.38. The lowest BCUT2D eigenvalue weighted by molar-refractivity contribution is -0.138. The Hall–Kier alpha value is -2.88. The first-order chi connectivity index (χ1) is 13.5. The van der Waals surface area contributed by atoms with Crippen LogP contribution in [0.15, 0.2) is 42.5 Å². The average molecular weight is 422 g/mol. The van der Waals surface area contributed by atoms with Crippen LogP contribution >= 0.6 is 23.2 Å². The lowest BCUT2D eigenvalue weighted by Gasteiger charge is -2.09. The summed E-state index contributed by atoms with van der Waals surface area (Å²) in [5.41, 5.74) is 0.706. The molecule has 0 aliphatic carbocycles. The molecule has 0 spiro atoms. The highest BCUT2D eigenvalue weighted by molar-refractivity contribution is 6.37. The van der Waals surface area contributed by atoms with E-state index in [1.54, 1.807) is 42.5 Å². The van der Waals surface area contributed by atoms with Crippen LogP contribution in [-0.2, 0) is 9.53 Å². The van der Waals surface area contributed by atoms with E-state index in [0.717, 1.165) is 0 Å². The summed E-state index contributed by atoms with van der Waals surface area (Å²) in [6.07, 6.45) is 2.86. The van der Waals surface area contributed by atoms with Gasteiger partial charge in [0.2, 0.25) is 0 Å². The number of carbonyl (C=O) groups excluding carboxylic acids is 1. The Morgan fingerprint density at radius 3 is 2.54 bits per heavy atom. The molecule has 2 aromatic rings. The molecule has 6 nitrogen and oxygen atoms in total. The molecule has 0 aromatic heterocycles. The number of halogens is 2. The molecular weight excluding hydrogens is 405 g/mol. The number of para-hydroxylation sites is 1. The van der Waals surface area contributed by atoms with E-state index in [0.29, 0.717) is 32.9 Å². The highest BCUT2D eigenvalue weighted by Gasteiger charge is 2.07. The van der Waals surface area contributed by atoms with Crippen LogP contribution in [0.25, 0.3) is 6.08 Å². The molecule has 0 N–H and O–H groups in total. The number of nitriles is 1. The lowest BCUT2D eigenvalue weighted by Crippen LogP contribution is -2.10. The van der Waals surface area contributed by atoms with Gasteiger partial charge in [-0.1, -0.05) is 35.3 Å². The standard InChI is InChI=1S/C20H17Cl2NO5/c1-25-18-13-14(5-7-17(18)26-10-9-23)6-8-19(24)27-11-12-28-20-15(21)3-2-4-16(20)22/h2-8,13H,10-12H2,1H3. The van der Waals surface area contributed by atoms with Crippen LogP contribution in [-0.4, -0.2) is 32.9 Å². The maximum Gasteiger partial charge on any atom is 0.330 e. The normalized spacial score (nSPS) is 10.4. The fourth-order valence-electron chi connectivity index (χ4n) is 2.14. The average Bonchev–Trinajstić information content (AvgIpc) is 2.70. The van der Waals surface area contributed by atoms with Crippen molar-refractivity contribution < 1.29 is 23.7 Å². The SMILES string of the molecule is COc1cc(C=CC(=O)OCCOc2c(Cl)cccc2Cl)ccc1OCC#N. The molecule has 146 valence electrons. The number of ether oxygens (including phenoxy) is 4. The minimum Gasteiger partial charge on any atom is -0.493 e. The van der Waals surface area contributed by atoms with Crippen molar-refractivity contribution in [2.24, 2.45) is 0 Å². The van der Waals surface area contributed by atoms with Crippen molar-refractivity contribution in [2.75, 3.05) is 26.9 Å². The zero-order valence-corrected chi connectivity index (χ0v) is 16.5. The van der Waals surface area contributed by atoms with Gasteiger partial charge in [0.25, 0.3) is 0 Å². The zero-order valence-electron chi connectivity index (χ0n) is 15.0. The van der Waals surface area contributed by atoms with E-state index in [2.05, 4.69) is 0 Å². The summed E-state index contributed by atoms with van der Waals surface area (Å²) in [6.45, 7) is 0.0656. The summed E-state index contributed by atoms with van der Waals surface area (Å²) in [4.78, 5) is 11.8. The summed E-state index contributed by atoms with van der Waals surface area (Å²) < 4.78 is 21.0.